The van der Waals surface area contributed by atoms with Gasteiger partial charge < -0.3 is 0 Å². The molecule has 0 aliphatic heterocycles. The van der Waals surface area contributed by atoms with E-state index in [0.717, 1.165) is 0 Å². The second-order valence-electron chi connectivity index (χ2n) is 4.95. The van der Waals surface area contributed by atoms with Crippen molar-refractivity contribution in [1.29, 1.82) is 0 Å². The van der Waals surface area contributed by atoms with Gasteiger partial charge in [-0.3, -0.25) is 4.68 Å². The SMILES string of the molecule is Cc1cc(C(C)C)nn1C(C)(C)C. The molecular weight excluding hydrogens is 160 g/mol. The Kier molecular flexibility index (Phi) is 2.51. The van der Waals surface area contributed by atoms with Crippen molar-refractivity contribution in [3.63, 3.8) is 0 Å². The highest BCUT2D eigenvalue weighted by Gasteiger charge is 2.17. The Morgan fingerprint density at radius 2 is 1.85 bits per heavy atom. The van der Waals surface area contributed by atoms with E-state index in [2.05, 4.69) is 57.4 Å². The third-order valence-electron chi connectivity index (χ3n) is 2.13. The van der Waals surface area contributed by atoms with E-state index >= 15 is 0 Å². The molecule has 0 saturated heterocycles. The van der Waals surface area contributed by atoms with Gasteiger partial charge in [-0.25, -0.2) is 0 Å². The molecule has 2 nitrogen and oxygen atoms in total. The minimum Gasteiger partial charge on any atom is -0.264 e. The van der Waals surface area contributed by atoms with Gasteiger partial charge in [-0.15, -0.1) is 0 Å². The van der Waals surface area contributed by atoms with Crippen LogP contribution >= 0.6 is 0 Å². The van der Waals surface area contributed by atoms with Crippen molar-refractivity contribution in [3.8, 4) is 0 Å². The first kappa shape index (κ1) is 10.3. The number of hydrogen-bond acceptors (Lipinski definition) is 1. The molecule has 0 N–H and O–H groups in total. The van der Waals surface area contributed by atoms with Crippen LogP contribution in [-0.2, 0) is 5.54 Å². The number of aryl methyl sites for hydroxylation is 1. The van der Waals surface area contributed by atoms with E-state index < -0.39 is 0 Å². The van der Waals surface area contributed by atoms with Gasteiger partial charge in [0.2, 0.25) is 0 Å². The van der Waals surface area contributed by atoms with E-state index in [9.17, 15) is 0 Å². The Hall–Kier alpha value is -0.790. The molecule has 0 fully saturated rings. The molecule has 0 atom stereocenters. The van der Waals surface area contributed by atoms with E-state index in [1.807, 2.05) is 0 Å². The molecule has 0 radical (unpaired) electrons. The van der Waals surface area contributed by atoms with Gasteiger partial charge in [0.1, 0.15) is 0 Å². The number of rotatable bonds is 1. The summed E-state index contributed by atoms with van der Waals surface area (Å²) in [4.78, 5) is 0. The summed E-state index contributed by atoms with van der Waals surface area (Å²) in [6.45, 7) is 13.0. The average Bonchev–Trinajstić information content (AvgIpc) is 2.29. The smallest absolute Gasteiger partial charge is 0.0653 e. The summed E-state index contributed by atoms with van der Waals surface area (Å²) in [6, 6.07) is 2.18. The van der Waals surface area contributed by atoms with Crippen molar-refractivity contribution in [2.75, 3.05) is 0 Å². The fourth-order valence-corrected chi connectivity index (χ4v) is 1.46. The monoisotopic (exact) mass is 180 g/mol. The van der Waals surface area contributed by atoms with Crippen LogP contribution in [0.5, 0.6) is 0 Å². The van der Waals surface area contributed by atoms with Crippen molar-refractivity contribution in [2.45, 2.75) is 53.0 Å². The topological polar surface area (TPSA) is 17.8 Å². The van der Waals surface area contributed by atoms with Gasteiger partial charge >= 0.3 is 0 Å². The summed E-state index contributed by atoms with van der Waals surface area (Å²) < 4.78 is 2.10. The molecule has 0 aliphatic carbocycles. The van der Waals surface area contributed by atoms with Gasteiger partial charge in [0.25, 0.3) is 0 Å². The van der Waals surface area contributed by atoms with Crippen molar-refractivity contribution in [3.05, 3.63) is 17.5 Å². The summed E-state index contributed by atoms with van der Waals surface area (Å²) >= 11 is 0. The first-order valence-corrected chi connectivity index (χ1v) is 4.89. The highest BCUT2D eigenvalue weighted by molar-refractivity contribution is 5.13. The van der Waals surface area contributed by atoms with Crippen molar-refractivity contribution in [2.24, 2.45) is 0 Å². The Bertz CT molecular complexity index is 290. The van der Waals surface area contributed by atoms with Crippen LogP contribution in [0, 0.1) is 6.92 Å². The third-order valence-corrected chi connectivity index (χ3v) is 2.13. The second-order valence-corrected chi connectivity index (χ2v) is 4.95. The van der Waals surface area contributed by atoms with Crippen LogP contribution in [0.2, 0.25) is 0 Å². The van der Waals surface area contributed by atoms with Crippen LogP contribution in [-0.4, -0.2) is 9.78 Å². The van der Waals surface area contributed by atoms with Gasteiger partial charge in [0.15, 0.2) is 0 Å². The van der Waals surface area contributed by atoms with Crippen molar-refractivity contribution < 1.29 is 0 Å². The number of hydrogen-bond donors (Lipinski definition) is 0. The first-order valence-electron chi connectivity index (χ1n) is 4.89. The predicted molar refractivity (Wildman–Crippen MR) is 56.0 cm³/mol. The predicted octanol–water partition coefficient (Wildman–Crippen LogP) is 3.07. The molecule has 13 heavy (non-hydrogen) atoms. The molecule has 0 bridgehead atoms. The quantitative estimate of drug-likeness (QED) is 0.649. The Balaban J connectivity index is 3.11. The molecule has 0 aliphatic rings. The molecule has 0 amide bonds. The molecule has 74 valence electrons. The number of aromatic nitrogens is 2. The minimum absolute atomic E-state index is 0.0945. The largest absolute Gasteiger partial charge is 0.264 e. The third kappa shape index (κ3) is 2.11. The average molecular weight is 180 g/mol. The van der Waals surface area contributed by atoms with Gasteiger partial charge in [-0.05, 0) is 39.7 Å². The number of nitrogens with zero attached hydrogens (tertiary/aromatic N) is 2. The van der Waals surface area contributed by atoms with Gasteiger partial charge in [0, 0.05) is 5.69 Å². The summed E-state index contributed by atoms with van der Waals surface area (Å²) in [6.07, 6.45) is 0. The van der Waals surface area contributed by atoms with Crippen LogP contribution in [0.3, 0.4) is 0 Å². The fraction of sp³-hybridized carbons (Fsp3) is 0.727. The van der Waals surface area contributed by atoms with Crippen LogP contribution < -0.4 is 0 Å². The maximum atomic E-state index is 4.60. The van der Waals surface area contributed by atoms with Crippen LogP contribution in [0.25, 0.3) is 0 Å². The fourth-order valence-electron chi connectivity index (χ4n) is 1.46. The molecule has 0 unspecified atom stereocenters. The zero-order valence-corrected chi connectivity index (χ0v) is 9.55. The highest BCUT2D eigenvalue weighted by atomic mass is 15.3. The minimum atomic E-state index is 0.0945. The van der Waals surface area contributed by atoms with Crippen molar-refractivity contribution in [1.82, 2.24) is 9.78 Å². The molecular formula is C11H20N2. The lowest BCUT2D eigenvalue weighted by Gasteiger charge is -2.21. The van der Waals surface area contributed by atoms with E-state index in [1.165, 1.54) is 11.4 Å². The summed E-state index contributed by atoms with van der Waals surface area (Å²) in [5.74, 6) is 0.516. The molecule has 0 aromatic carbocycles. The van der Waals surface area contributed by atoms with Gasteiger partial charge in [-0.2, -0.15) is 5.10 Å². The van der Waals surface area contributed by atoms with Gasteiger partial charge in [-0.1, -0.05) is 13.8 Å². The zero-order valence-electron chi connectivity index (χ0n) is 9.55. The Morgan fingerprint density at radius 1 is 1.31 bits per heavy atom. The van der Waals surface area contributed by atoms with E-state index in [0.29, 0.717) is 5.92 Å². The van der Waals surface area contributed by atoms with Crippen LogP contribution in [0.1, 0.15) is 51.9 Å². The van der Waals surface area contributed by atoms with E-state index in [1.54, 1.807) is 0 Å². The van der Waals surface area contributed by atoms with Crippen LogP contribution in [0.15, 0.2) is 6.07 Å². The first-order chi connectivity index (χ1) is 5.82. The summed E-state index contributed by atoms with van der Waals surface area (Å²) in [5.41, 5.74) is 2.53. The second kappa shape index (κ2) is 3.17. The molecule has 1 aromatic heterocycles. The Morgan fingerprint density at radius 3 is 2.08 bits per heavy atom. The molecule has 2 heteroatoms. The lowest BCUT2D eigenvalue weighted by molar-refractivity contribution is 0.345. The van der Waals surface area contributed by atoms with Gasteiger partial charge in [0.05, 0.1) is 11.2 Å². The molecule has 0 saturated carbocycles. The molecule has 1 aromatic rings. The van der Waals surface area contributed by atoms with Crippen LogP contribution in [0.4, 0.5) is 0 Å². The van der Waals surface area contributed by atoms with E-state index in [4.69, 9.17) is 0 Å². The normalized spacial score (nSPS) is 12.5. The highest BCUT2D eigenvalue weighted by Crippen LogP contribution is 2.20. The standard InChI is InChI=1S/C11H20N2/c1-8(2)10-7-9(3)13(12-10)11(4,5)6/h7-8H,1-6H3. The zero-order chi connectivity index (χ0) is 10.2. The Labute approximate surface area is 81.0 Å². The maximum absolute atomic E-state index is 4.60. The lowest BCUT2D eigenvalue weighted by Crippen LogP contribution is -2.24. The molecule has 0 spiro atoms. The molecule has 1 rings (SSSR count). The van der Waals surface area contributed by atoms with E-state index in [-0.39, 0.29) is 5.54 Å². The molecule has 1 heterocycles. The lowest BCUT2D eigenvalue weighted by atomic mass is 10.1. The maximum Gasteiger partial charge on any atom is 0.0653 e. The van der Waals surface area contributed by atoms with Crippen molar-refractivity contribution >= 4 is 0 Å². The summed E-state index contributed by atoms with van der Waals surface area (Å²) in [5, 5.41) is 4.60. The summed E-state index contributed by atoms with van der Waals surface area (Å²) in [7, 11) is 0.